The molecule has 0 bridgehead atoms. The number of H-pyrrole nitrogens is 1. The number of aromatic amines is 1. The van der Waals surface area contributed by atoms with Gasteiger partial charge in [-0.2, -0.15) is 9.40 Å². The van der Waals surface area contributed by atoms with Crippen LogP contribution >= 0.6 is 0 Å². The number of likely N-dealkylation sites (N-methyl/N-ethyl adjacent to an activating group) is 1. The van der Waals surface area contributed by atoms with Crippen LogP contribution in [0.25, 0.3) is 0 Å². The van der Waals surface area contributed by atoms with Crippen molar-refractivity contribution in [1.82, 2.24) is 24.7 Å². The monoisotopic (exact) mass is 313 g/mol. The minimum absolute atomic E-state index is 0.250. The summed E-state index contributed by atoms with van der Waals surface area (Å²) < 4.78 is 27.2. The van der Waals surface area contributed by atoms with Crippen LogP contribution in [0.3, 0.4) is 0 Å². The minimum atomic E-state index is -3.47. The standard InChI is InChI=1S/C13H23N5O2S/c1-17-5-2-6-18(8-7-17)21(19,20)13-11(10-15-16-13)9-14-12-3-4-12/h10,12,14H,2-9H2,1H3,(H,15,16). The molecule has 0 atom stereocenters. The normalized spacial score (nSPS) is 22.3. The van der Waals surface area contributed by atoms with Gasteiger partial charge >= 0.3 is 0 Å². The van der Waals surface area contributed by atoms with E-state index in [1.54, 1.807) is 10.5 Å². The molecule has 7 nitrogen and oxygen atoms in total. The number of nitrogens with zero attached hydrogens (tertiary/aromatic N) is 3. The molecule has 0 amide bonds. The Bertz CT molecular complexity index is 581. The molecular weight excluding hydrogens is 290 g/mol. The molecule has 21 heavy (non-hydrogen) atoms. The fraction of sp³-hybridized carbons (Fsp3) is 0.769. The topological polar surface area (TPSA) is 81.3 Å². The van der Waals surface area contributed by atoms with Crippen molar-refractivity contribution < 1.29 is 8.42 Å². The molecule has 8 heteroatoms. The third kappa shape index (κ3) is 3.45. The Morgan fingerprint density at radius 2 is 2.14 bits per heavy atom. The van der Waals surface area contributed by atoms with E-state index in [1.165, 1.54) is 12.8 Å². The zero-order valence-electron chi connectivity index (χ0n) is 12.4. The maximum atomic E-state index is 12.8. The molecule has 0 radical (unpaired) electrons. The number of nitrogens with one attached hydrogen (secondary N) is 2. The first-order valence-corrected chi connectivity index (χ1v) is 8.95. The van der Waals surface area contributed by atoms with Crippen molar-refractivity contribution in [2.24, 2.45) is 0 Å². The molecule has 0 aromatic carbocycles. The molecule has 1 aromatic heterocycles. The van der Waals surface area contributed by atoms with Gasteiger partial charge < -0.3 is 10.2 Å². The van der Waals surface area contributed by atoms with Gasteiger partial charge in [-0.1, -0.05) is 0 Å². The number of rotatable bonds is 5. The van der Waals surface area contributed by atoms with E-state index in [9.17, 15) is 8.42 Å². The number of aromatic nitrogens is 2. The molecule has 1 saturated heterocycles. The van der Waals surface area contributed by atoms with Crippen LogP contribution in [0.4, 0.5) is 0 Å². The molecule has 1 aromatic rings. The van der Waals surface area contributed by atoms with Gasteiger partial charge in [0.25, 0.3) is 10.0 Å². The van der Waals surface area contributed by atoms with Crippen LogP contribution in [0.5, 0.6) is 0 Å². The first-order chi connectivity index (χ1) is 10.1. The zero-order chi connectivity index (χ0) is 14.9. The van der Waals surface area contributed by atoms with Gasteiger partial charge in [-0.15, -0.1) is 0 Å². The summed E-state index contributed by atoms with van der Waals surface area (Å²) in [6.07, 6.45) is 4.84. The highest BCUT2D eigenvalue weighted by atomic mass is 32.2. The Hall–Kier alpha value is -0.960. The Labute approximate surface area is 125 Å². The molecule has 1 aliphatic heterocycles. The molecule has 1 saturated carbocycles. The largest absolute Gasteiger partial charge is 0.310 e. The molecule has 1 aliphatic carbocycles. The summed E-state index contributed by atoms with van der Waals surface area (Å²) in [5, 5.41) is 10.2. The van der Waals surface area contributed by atoms with Gasteiger partial charge in [-0.3, -0.25) is 5.10 Å². The van der Waals surface area contributed by atoms with Crippen LogP contribution < -0.4 is 5.32 Å². The second-order valence-corrected chi connectivity index (χ2v) is 7.82. The summed E-state index contributed by atoms with van der Waals surface area (Å²) in [4.78, 5) is 2.16. The summed E-state index contributed by atoms with van der Waals surface area (Å²) in [5.74, 6) is 0. The second kappa shape index (κ2) is 6.04. The van der Waals surface area contributed by atoms with Gasteiger partial charge in [0.15, 0.2) is 5.03 Å². The Balaban J connectivity index is 1.75. The molecule has 2 N–H and O–H groups in total. The van der Waals surface area contributed by atoms with Gasteiger partial charge in [-0.05, 0) is 32.9 Å². The van der Waals surface area contributed by atoms with E-state index in [4.69, 9.17) is 0 Å². The molecule has 0 spiro atoms. The average molecular weight is 313 g/mol. The molecule has 2 heterocycles. The van der Waals surface area contributed by atoms with Crippen molar-refractivity contribution >= 4 is 10.0 Å². The van der Waals surface area contributed by atoms with Crippen LogP contribution in [0.2, 0.25) is 0 Å². The maximum absolute atomic E-state index is 12.8. The summed E-state index contributed by atoms with van der Waals surface area (Å²) >= 11 is 0. The summed E-state index contributed by atoms with van der Waals surface area (Å²) in [7, 11) is -1.45. The van der Waals surface area contributed by atoms with Crippen molar-refractivity contribution in [3.8, 4) is 0 Å². The first kappa shape index (κ1) is 15.0. The number of hydrogen-bond donors (Lipinski definition) is 2. The molecule has 0 unspecified atom stereocenters. The molecular formula is C13H23N5O2S. The minimum Gasteiger partial charge on any atom is -0.310 e. The van der Waals surface area contributed by atoms with E-state index in [0.29, 0.717) is 25.7 Å². The van der Waals surface area contributed by atoms with Crippen LogP contribution in [0, 0.1) is 0 Å². The quantitative estimate of drug-likeness (QED) is 0.799. The lowest BCUT2D eigenvalue weighted by molar-refractivity contribution is 0.347. The van der Waals surface area contributed by atoms with E-state index in [-0.39, 0.29) is 5.03 Å². The number of hydrogen-bond acceptors (Lipinski definition) is 5. The zero-order valence-corrected chi connectivity index (χ0v) is 13.2. The van der Waals surface area contributed by atoms with E-state index in [0.717, 1.165) is 25.1 Å². The fourth-order valence-electron chi connectivity index (χ4n) is 2.58. The van der Waals surface area contributed by atoms with E-state index < -0.39 is 10.0 Å². The maximum Gasteiger partial charge on any atom is 0.260 e. The predicted molar refractivity (Wildman–Crippen MR) is 79.3 cm³/mol. The Morgan fingerprint density at radius 1 is 1.33 bits per heavy atom. The second-order valence-electron chi connectivity index (χ2n) is 5.94. The molecule has 2 aliphatic rings. The van der Waals surface area contributed by atoms with E-state index >= 15 is 0 Å². The SMILES string of the molecule is CN1CCCN(S(=O)(=O)c2[nH]ncc2CNC2CC2)CC1. The smallest absolute Gasteiger partial charge is 0.260 e. The van der Waals surface area contributed by atoms with Crippen molar-refractivity contribution in [1.29, 1.82) is 0 Å². The lowest BCUT2D eigenvalue weighted by Crippen LogP contribution is -2.35. The highest BCUT2D eigenvalue weighted by Crippen LogP contribution is 2.22. The molecule has 118 valence electrons. The van der Waals surface area contributed by atoms with Crippen molar-refractivity contribution in [3.05, 3.63) is 11.8 Å². The Kier molecular flexibility index (Phi) is 4.30. The van der Waals surface area contributed by atoms with E-state index in [1.807, 2.05) is 7.05 Å². The summed E-state index contributed by atoms with van der Waals surface area (Å²) in [6.45, 7) is 3.37. The van der Waals surface area contributed by atoms with Gasteiger partial charge in [-0.25, -0.2) is 8.42 Å². The van der Waals surface area contributed by atoms with Crippen LogP contribution in [0.1, 0.15) is 24.8 Å². The molecule has 2 fully saturated rings. The van der Waals surface area contributed by atoms with Gasteiger partial charge in [0.05, 0.1) is 6.20 Å². The van der Waals surface area contributed by atoms with Crippen molar-refractivity contribution in [2.45, 2.75) is 36.9 Å². The third-order valence-corrected chi connectivity index (χ3v) is 6.03. The Morgan fingerprint density at radius 3 is 2.90 bits per heavy atom. The highest BCUT2D eigenvalue weighted by Gasteiger charge is 2.30. The first-order valence-electron chi connectivity index (χ1n) is 7.51. The van der Waals surface area contributed by atoms with Crippen LogP contribution in [0.15, 0.2) is 11.2 Å². The predicted octanol–water partition coefficient (Wildman–Crippen LogP) is -0.0121. The van der Waals surface area contributed by atoms with Gasteiger partial charge in [0.2, 0.25) is 0 Å². The van der Waals surface area contributed by atoms with Gasteiger partial charge in [0, 0.05) is 37.8 Å². The average Bonchev–Trinajstić information content (AvgIpc) is 3.19. The van der Waals surface area contributed by atoms with Crippen LogP contribution in [-0.2, 0) is 16.6 Å². The number of sulfonamides is 1. The highest BCUT2D eigenvalue weighted by molar-refractivity contribution is 7.89. The van der Waals surface area contributed by atoms with Gasteiger partial charge in [0.1, 0.15) is 0 Å². The summed E-state index contributed by atoms with van der Waals surface area (Å²) in [5.41, 5.74) is 0.736. The van der Waals surface area contributed by atoms with Crippen molar-refractivity contribution in [3.63, 3.8) is 0 Å². The van der Waals surface area contributed by atoms with Crippen LogP contribution in [-0.4, -0.2) is 67.1 Å². The summed E-state index contributed by atoms with van der Waals surface area (Å²) in [6, 6.07) is 0.544. The fourth-order valence-corrected chi connectivity index (χ4v) is 4.16. The van der Waals surface area contributed by atoms with E-state index in [2.05, 4.69) is 20.4 Å². The lowest BCUT2D eigenvalue weighted by atomic mass is 10.3. The van der Waals surface area contributed by atoms with Crippen molar-refractivity contribution in [2.75, 3.05) is 33.2 Å². The third-order valence-electron chi connectivity index (χ3n) is 4.11. The molecule has 3 rings (SSSR count). The lowest BCUT2D eigenvalue weighted by Gasteiger charge is -2.20.